The summed E-state index contributed by atoms with van der Waals surface area (Å²) in [5.74, 6) is 1.22. The molecule has 2 N–H and O–H groups in total. The standard InChI is InChI=1S/C30H34ClN3O5/c1-21-7-12-24(31)27(17-21)39-20-30(37)19-33(14-13-28(30)35)18-22-8-10-23(11-9-22)38-16-15-34-26-6-4-3-5-25(26)32(2)29(34)36/h3-12,17,28,35,37H,13-16,18-20H2,1-2H3/t28-,30-/m0/s1. The largest absolute Gasteiger partial charge is 0.492 e. The average molecular weight is 552 g/mol. The predicted molar refractivity (Wildman–Crippen MR) is 152 cm³/mol. The molecule has 0 saturated carbocycles. The molecule has 0 aliphatic carbocycles. The number of fused-ring (bicyclic) bond motifs is 1. The van der Waals surface area contributed by atoms with Crippen LogP contribution in [-0.2, 0) is 20.1 Å². The lowest BCUT2D eigenvalue weighted by molar-refractivity contribution is -0.140. The van der Waals surface area contributed by atoms with Crippen molar-refractivity contribution in [2.75, 3.05) is 26.3 Å². The summed E-state index contributed by atoms with van der Waals surface area (Å²) < 4.78 is 15.1. The number of piperidine rings is 1. The Balaban J connectivity index is 1.15. The Morgan fingerprint density at radius 3 is 2.56 bits per heavy atom. The van der Waals surface area contributed by atoms with E-state index in [-0.39, 0.29) is 18.8 Å². The van der Waals surface area contributed by atoms with Gasteiger partial charge in [-0.2, -0.15) is 0 Å². The molecule has 0 radical (unpaired) electrons. The summed E-state index contributed by atoms with van der Waals surface area (Å²) in [5.41, 5.74) is 2.39. The number of aromatic nitrogens is 2. The van der Waals surface area contributed by atoms with Crippen LogP contribution in [0.3, 0.4) is 0 Å². The highest BCUT2D eigenvalue weighted by atomic mass is 35.5. The molecule has 39 heavy (non-hydrogen) atoms. The molecule has 9 heteroatoms. The average Bonchev–Trinajstić information content (AvgIpc) is 3.17. The number of hydrogen-bond donors (Lipinski definition) is 2. The number of benzene rings is 3. The van der Waals surface area contributed by atoms with E-state index < -0.39 is 11.7 Å². The van der Waals surface area contributed by atoms with Gasteiger partial charge in [0, 0.05) is 26.7 Å². The fourth-order valence-corrected chi connectivity index (χ4v) is 5.30. The molecule has 2 heterocycles. The molecule has 5 rings (SSSR count). The number of para-hydroxylation sites is 2. The van der Waals surface area contributed by atoms with Crippen LogP contribution in [0.25, 0.3) is 11.0 Å². The summed E-state index contributed by atoms with van der Waals surface area (Å²) in [5, 5.41) is 22.3. The zero-order valence-corrected chi connectivity index (χ0v) is 23.0. The molecule has 2 atom stereocenters. The predicted octanol–water partition coefficient (Wildman–Crippen LogP) is 3.76. The Hall–Kier alpha value is -3.30. The summed E-state index contributed by atoms with van der Waals surface area (Å²) in [7, 11) is 1.78. The summed E-state index contributed by atoms with van der Waals surface area (Å²) >= 11 is 6.23. The third kappa shape index (κ3) is 5.99. The van der Waals surface area contributed by atoms with Gasteiger partial charge in [0.25, 0.3) is 0 Å². The van der Waals surface area contributed by atoms with Crippen molar-refractivity contribution >= 4 is 22.6 Å². The van der Waals surface area contributed by atoms with E-state index in [1.54, 1.807) is 22.2 Å². The molecular formula is C30H34ClN3O5. The van der Waals surface area contributed by atoms with Gasteiger partial charge in [-0.1, -0.05) is 41.9 Å². The lowest BCUT2D eigenvalue weighted by Crippen LogP contribution is -2.59. The third-order valence-corrected chi connectivity index (χ3v) is 7.68. The van der Waals surface area contributed by atoms with Crippen molar-refractivity contribution in [3.05, 3.63) is 93.4 Å². The van der Waals surface area contributed by atoms with E-state index in [2.05, 4.69) is 4.90 Å². The molecule has 0 bridgehead atoms. The number of likely N-dealkylation sites (tertiary alicyclic amines) is 1. The number of nitrogens with zero attached hydrogens (tertiary/aromatic N) is 3. The van der Waals surface area contributed by atoms with Crippen molar-refractivity contribution in [3.8, 4) is 11.5 Å². The number of imidazole rings is 1. The van der Waals surface area contributed by atoms with Crippen LogP contribution >= 0.6 is 11.6 Å². The summed E-state index contributed by atoms with van der Waals surface area (Å²) in [6, 6.07) is 21.0. The molecule has 8 nitrogen and oxygen atoms in total. The molecule has 1 aliphatic rings. The molecule has 1 aliphatic heterocycles. The molecule has 0 unspecified atom stereocenters. The van der Waals surface area contributed by atoms with Crippen LogP contribution in [0.15, 0.2) is 71.5 Å². The smallest absolute Gasteiger partial charge is 0.328 e. The third-order valence-electron chi connectivity index (χ3n) is 7.37. The Morgan fingerprint density at radius 1 is 1.05 bits per heavy atom. The minimum absolute atomic E-state index is 0.0552. The van der Waals surface area contributed by atoms with Crippen LogP contribution in [-0.4, -0.2) is 62.3 Å². The van der Waals surface area contributed by atoms with Crippen LogP contribution in [0.4, 0.5) is 0 Å². The van der Waals surface area contributed by atoms with Gasteiger partial charge >= 0.3 is 5.69 Å². The molecule has 1 fully saturated rings. The molecule has 3 aromatic carbocycles. The molecular weight excluding hydrogens is 518 g/mol. The second kappa shape index (κ2) is 11.4. The maximum Gasteiger partial charge on any atom is 0.328 e. The first-order chi connectivity index (χ1) is 18.7. The molecule has 4 aromatic rings. The van der Waals surface area contributed by atoms with E-state index in [0.29, 0.717) is 43.4 Å². The first-order valence-corrected chi connectivity index (χ1v) is 13.5. The SMILES string of the molecule is Cc1ccc(Cl)c(OC[C@@]2(O)CN(Cc3ccc(OCCn4c(=O)n(C)c5ccccc54)cc3)CC[C@@H]2O)c1. The van der Waals surface area contributed by atoms with E-state index in [1.165, 1.54) is 0 Å². The van der Waals surface area contributed by atoms with Crippen molar-refractivity contribution in [2.24, 2.45) is 7.05 Å². The Labute approximate surface area is 232 Å². The van der Waals surface area contributed by atoms with Crippen molar-refractivity contribution in [2.45, 2.75) is 38.1 Å². The minimum Gasteiger partial charge on any atom is -0.492 e. The second-order valence-corrected chi connectivity index (χ2v) is 10.7. The molecule has 206 valence electrons. The molecule has 0 amide bonds. The lowest BCUT2D eigenvalue weighted by Gasteiger charge is -2.42. The van der Waals surface area contributed by atoms with Crippen molar-refractivity contribution < 1.29 is 19.7 Å². The number of aliphatic hydroxyl groups excluding tert-OH is 1. The van der Waals surface area contributed by atoms with Gasteiger partial charge in [-0.15, -0.1) is 0 Å². The van der Waals surface area contributed by atoms with Crippen molar-refractivity contribution in [1.82, 2.24) is 14.0 Å². The number of hydrogen-bond acceptors (Lipinski definition) is 6. The first kappa shape index (κ1) is 27.3. The van der Waals surface area contributed by atoms with Crippen LogP contribution < -0.4 is 15.2 Å². The zero-order chi connectivity index (χ0) is 27.6. The highest BCUT2D eigenvalue weighted by Crippen LogP contribution is 2.29. The topological polar surface area (TPSA) is 89.1 Å². The molecule has 1 saturated heterocycles. The summed E-state index contributed by atoms with van der Waals surface area (Å²) in [6.45, 7) is 4.26. The van der Waals surface area contributed by atoms with Gasteiger partial charge in [0.15, 0.2) is 0 Å². The Kier molecular flexibility index (Phi) is 8.00. The molecule has 1 aromatic heterocycles. The van der Waals surface area contributed by atoms with Gasteiger partial charge in [-0.25, -0.2) is 4.79 Å². The zero-order valence-electron chi connectivity index (χ0n) is 22.2. The highest BCUT2D eigenvalue weighted by Gasteiger charge is 2.42. The van der Waals surface area contributed by atoms with Gasteiger partial charge in [0.2, 0.25) is 0 Å². The summed E-state index contributed by atoms with van der Waals surface area (Å²) in [4.78, 5) is 14.7. The van der Waals surface area contributed by atoms with Gasteiger partial charge in [0.1, 0.15) is 30.3 Å². The van der Waals surface area contributed by atoms with E-state index in [0.717, 1.165) is 27.9 Å². The fourth-order valence-electron chi connectivity index (χ4n) is 5.13. The van der Waals surface area contributed by atoms with Crippen molar-refractivity contribution in [1.29, 1.82) is 0 Å². The van der Waals surface area contributed by atoms with Gasteiger partial charge in [-0.3, -0.25) is 14.0 Å². The quantitative estimate of drug-likeness (QED) is 0.329. The monoisotopic (exact) mass is 551 g/mol. The number of halogens is 1. The fraction of sp³-hybridized carbons (Fsp3) is 0.367. The van der Waals surface area contributed by atoms with E-state index in [1.807, 2.05) is 67.6 Å². The Bertz CT molecular complexity index is 1500. The molecule has 0 spiro atoms. The van der Waals surface area contributed by atoms with Crippen LogP contribution in [0, 0.1) is 6.92 Å². The van der Waals surface area contributed by atoms with Crippen LogP contribution in [0.1, 0.15) is 17.5 Å². The number of ether oxygens (including phenoxy) is 2. The van der Waals surface area contributed by atoms with Gasteiger partial charge in [0.05, 0.1) is 28.7 Å². The lowest BCUT2D eigenvalue weighted by atomic mass is 9.90. The number of β-amino-alcohol motifs (C(OH)–C–C–N with tert-alkyl or cyclic N) is 1. The first-order valence-electron chi connectivity index (χ1n) is 13.1. The normalized spacial score (nSPS) is 19.9. The number of aliphatic hydroxyl groups is 2. The number of aryl methyl sites for hydroxylation is 2. The summed E-state index contributed by atoms with van der Waals surface area (Å²) in [6.07, 6.45) is -0.446. The minimum atomic E-state index is -1.41. The van der Waals surface area contributed by atoms with E-state index >= 15 is 0 Å². The maximum absolute atomic E-state index is 12.6. The van der Waals surface area contributed by atoms with E-state index in [4.69, 9.17) is 21.1 Å². The second-order valence-electron chi connectivity index (χ2n) is 10.3. The Morgan fingerprint density at radius 2 is 1.79 bits per heavy atom. The van der Waals surface area contributed by atoms with E-state index in [9.17, 15) is 15.0 Å². The maximum atomic E-state index is 12.6. The van der Waals surface area contributed by atoms with Gasteiger partial charge in [-0.05, 0) is 60.9 Å². The van der Waals surface area contributed by atoms with Gasteiger partial charge < -0.3 is 19.7 Å². The number of rotatable bonds is 9. The van der Waals surface area contributed by atoms with Crippen LogP contribution in [0.2, 0.25) is 5.02 Å². The van der Waals surface area contributed by atoms with Crippen LogP contribution in [0.5, 0.6) is 11.5 Å². The highest BCUT2D eigenvalue weighted by molar-refractivity contribution is 6.32. The van der Waals surface area contributed by atoms with Crippen molar-refractivity contribution in [3.63, 3.8) is 0 Å².